The number of fused-ring (bicyclic) bond motifs is 1. The van der Waals surface area contributed by atoms with Crippen molar-refractivity contribution >= 4 is 23.1 Å². The number of rotatable bonds is 4. The van der Waals surface area contributed by atoms with Crippen LogP contribution in [0.15, 0.2) is 54.9 Å². The molecule has 1 amide bonds. The first-order valence-corrected chi connectivity index (χ1v) is 8.24. The smallest absolute Gasteiger partial charge is 0.274 e. The van der Waals surface area contributed by atoms with Gasteiger partial charge in [-0.05, 0) is 24.3 Å². The molecule has 4 rings (SSSR count). The second kappa shape index (κ2) is 7.28. The molecule has 136 valence electrons. The summed E-state index contributed by atoms with van der Waals surface area (Å²) >= 11 is 0. The first kappa shape index (κ1) is 16.8. The van der Waals surface area contributed by atoms with Gasteiger partial charge in [-0.1, -0.05) is 12.1 Å². The van der Waals surface area contributed by atoms with Gasteiger partial charge in [-0.3, -0.25) is 4.79 Å². The van der Waals surface area contributed by atoms with Crippen molar-refractivity contribution in [3.05, 3.63) is 66.4 Å². The van der Waals surface area contributed by atoms with E-state index in [4.69, 9.17) is 9.47 Å². The van der Waals surface area contributed by atoms with Crippen LogP contribution in [0.4, 0.5) is 21.6 Å². The number of hydrogen-bond acceptors (Lipinski definition) is 6. The third-order valence-electron chi connectivity index (χ3n) is 3.84. The normalized spacial score (nSPS) is 12.3. The fourth-order valence-electron chi connectivity index (χ4n) is 2.57. The number of nitrogens with zero attached hydrogens (tertiary/aromatic N) is 2. The molecule has 0 fully saturated rings. The minimum absolute atomic E-state index is 0.0856. The number of nitrogens with one attached hydrogen (secondary N) is 2. The number of benzene rings is 2. The summed E-state index contributed by atoms with van der Waals surface area (Å²) in [5.74, 6) is 0.680. The molecule has 2 heterocycles. The van der Waals surface area contributed by atoms with E-state index in [1.165, 1.54) is 24.5 Å². The van der Waals surface area contributed by atoms with Gasteiger partial charge < -0.3 is 20.1 Å². The number of amides is 1. The molecule has 0 saturated carbocycles. The van der Waals surface area contributed by atoms with Crippen LogP contribution in [-0.4, -0.2) is 29.1 Å². The lowest BCUT2D eigenvalue weighted by atomic mass is 10.2. The van der Waals surface area contributed by atoms with Crippen molar-refractivity contribution in [1.82, 2.24) is 9.97 Å². The Labute approximate surface area is 154 Å². The largest absolute Gasteiger partial charge is 0.486 e. The summed E-state index contributed by atoms with van der Waals surface area (Å²) in [6.07, 6.45) is 1.26. The molecule has 27 heavy (non-hydrogen) atoms. The summed E-state index contributed by atoms with van der Waals surface area (Å²) in [4.78, 5) is 20.4. The zero-order valence-corrected chi connectivity index (χ0v) is 14.1. The molecule has 1 aromatic heterocycles. The second-order valence-electron chi connectivity index (χ2n) is 5.71. The Kier molecular flexibility index (Phi) is 4.52. The zero-order chi connectivity index (χ0) is 18.6. The van der Waals surface area contributed by atoms with Gasteiger partial charge in [0.15, 0.2) is 11.5 Å². The standard InChI is InChI=1S/C19H15FN4O3/c20-13-3-1-2-4-14(13)24-19(25)15-10-18(22-11-21-15)23-12-5-6-16-17(9-12)27-8-7-26-16/h1-6,9-11H,7-8H2,(H,24,25)(H,21,22,23). The van der Waals surface area contributed by atoms with Crippen LogP contribution in [0.3, 0.4) is 0 Å². The van der Waals surface area contributed by atoms with Gasteiger partial charge in [-0.15, -0.1) is 0 Å². The Hall–Kier alpha value is -3.68. The first-order valence-electron chi connectivity index (χ1n) is 8.24. The van der Waals surface area contributed by atoms with E-state index < -0.39 is 11.7 Å². The maximum atomic E-state index is 13.7. The third-order valence-corrected chi connectivity index (χ3v) is 3.84. The number of carbonyl (C=O) groups excluding carboxylic acids is 1. The third kappa shape index (κ3) is 3.79. The molecule has 8 heteroatoms. The van der Waals surface area contributed by atoms with Crippen LogP contribution in [0.25, 0.3) is 0 Å². The van der Waals surface area contributed by atoms with Crippen molar-refractivity contribution < 1.29 is 18.7 Å². The molecule has 0 unspecified atom stereocenters. The Morgan fingerprint density at radius 3 is 2.67 bits per heavy atom. The molecule has 7 nitrogen and oxygen atoms in total. The van der Waals surface area contributed by atoms with Crippen molar-refractivity contribution in [3.8, 4) is 11.5 Å². The van der Waals surface area contributed by atoms with Gasteiger partial charge >= 0.3 is 0 Å². The molecule has 1 aliphatic rings. The molecule has 0 radical (unpaired) electrons. The quantitative estimate of drug-likeness (QED) is 0.736. The van der Waals surface area contributed by atoms with Crippen LogP contribution in [0, 0.1) is 5.82 Å². The summed E-state index contributed by atoms with van der Waals surface area (Å²) in [6, 6.07) is 12.8. The summed E-state index contributed by atoms with van der Waals surface area (Å²) in [5, 5.41) is 5.57. The summed E-state index contributed by atoms with van der Waals surface area (Å²) in [6.45, 7) is 1.01. The average molecular weight is 366 g/mol. The first-order chi connectivity index (χ1) is 13.2. The predicted octanol–water partition coefficient (Wildman–Crippen LogP) is 3.38. The lowest BCUT2D eigenvalue weighted by molar-refractivity contribution is 0.102. The van der Waals surface area contributed by atoms with Crippen LogP contribution in [0.5, 0.6) is 11.5 Å². The lowest BCUT2D eigenvalue weighted by Crippen LogP contribution is -2.15. The maximum absolute atomic E-state index is 13.7. The molecule has 0 bridgehead atoms. The van der Waals surface area contributed by atoms with Gasteiger partial charge in [-0.25, -0.2) is 14.4 Å². The maximum Gasteiger partial charge on any atom is 0.274 e. The summed E-state index contributed by atoms with van der Waals surface area (Å²) in [7, 11) is 0. The monoisotopic (exact) mass is 366 g/mol. The predicted molar refractivity (Wildman–Crippen MR) is 97.1 cm³/mol. The van der Waals surface area contributed by atoms with Gasteiger partial charge in [0.25, 0.3) is 5.91 Å². The van der Waals surface area contributed by atoms with Gasteiger partial charge in [0.1, 0.15) is 36.9 Å². The molecule has 0 aliphatic carbocycles. The van der Waals surface area contributed by atoms with E-state index in [1.54, 1.807) is 24.3 Å². The van der Waals surface area contributed by atoms with Gasteiger partial charge in [0.05, 0.1) is 5.69 Å². The number of aromatic nitrogens is 2. The molecule has 1 aliphatic heterocycles. The number of anilines is 3. The van der Waals surface area contributed by atoms with Crippen LogP contribution in [-0.2, 0) is 0 Å². The van der Waals surface area contributed by atoms with Crippen molar-refractivity contribution in [2.24, 2.45) is 0 Å². The Morgan fingerprint density at radius 1 is 1.00 bits per heavy atom. The van der Waals surface area contributed by atoms with Crippen molar-refractivity contribution in [2.45, 2.75) is 0 Å². The van der Waals surface area contributed by atoms with E-state index in [0.29, 0.717) is 30.5 Å². The van der Waals surface area contributed by atoms with Crippen LogP contribution in [0.2, 0.25) is 0 Å². The minimum Gasteiger partial charge on any atom is -0.486 e. The Morgan fingerprint density at radius 2 is 1.81 bits per heavy atom. The molecule has 2 N–H and O–H groups in total. The summed E-state index contributed by atoms with van der Waals surface area (Å²) < 4.78 is 24.7. The topological polar surface area (TPSA) is 85.4 Å². The number of halogens is 1. The highest BCUT2D eigenvalue weighted by atomic mass is 19.1. The van der Waals surface area contributed by atoms with E-state index >= 15 is 0 Å². The van der Waals surface area contributed by atoms with Crippen molar-refractivity contribution in [1.29, 1.82) is 0 Å². The fourth-order valence-corrected chi connectivity index (χ4v) is 2.57. The van der Waals surface area contributed by atoms with Gasteiger partial charge in [0.2, 0.25) is 0 Å². The second-order valence-corrected chi connectivity index (χ2v) is 5.71. The fraction of sp³-hybridized carbons (Fsp3) is 0.105. The summed E-state index contributed by atoms with van der Waals surface area (Å²) in [5.41, 5.74) is 0.911. The van der Waals surface area contributed by atoms with Crippen LogP contribution < -0.4 is 20.1 Å². The highest BCUT2D eigenvalue weighted by molar-refractivity contribution is 6.03. The molecule has 0 atom stereocenters. The van der Waals surface area contributed by atoms with E-state index in [0.717, 1.165) is 5.69 Å². The molecule has 0 saturated heterocycles. The molecule has 3 aromatic rings. The highest BCUT2D eigenvalue weighted by Gasteiger charge is 2.14. The molecular formula is C19H15FN4O3. The van der Waals surface area contributed by atoms with Gasteiger partial charge in [0, 0.05) is 17.8 Å². The van der Waals surface area contributed by atoms with Crippen molar-refractivity contribution in [2.75, 3.05) is 23.8 Å². The number of ether oxygens (including phenoxy) is 2. The van der Waals surface area contributed by atoms with E-state index in [9.17, 15) is 9.18 Å². The molecular weight excluding hydrogens is 351 g/mol. The van der Waals surface area contributed by atoms with Crippen molar-refractivity contribution in [3.63, 3.8) is 0 Å². The van der Waals surface area contributed by atoms with E-state index in [2.05, 4.69) is 20.6 Å². The van der Waals surface area contributed by atoms with Crippen LogP contribution >= 0.6 is 0 Å². The average Bonchev–Trinajstić information content (AvgIpc) is 2.70. The highest BCUT2D eigenvalue weighted by Crippen LogP contribution is 2.33. The number of carbonyl (C=O) groups is 1. The minimum atomic E-state index is -0.535. The lowest BCUT2D eigenvalue weighted by Gasteiger charge is -2.19. The zero-order valence-electron chi connectivity index (χ0n) is 14.1. The molecule has 2 aromatic carbocycles. The molecule has 0 spiro atoms. The number of hydrogen-bond donors (Lipinski definition) is 2. The Bertz CT molecular complexity index is 996. The SMILES string of the molecule is O=C(Nc1ccccc1F)c1cc(Nc2ccc3c(c2)OCCO3)ncn1. The van der Waals surface area contributed by atoms with E-state index in [-0.39, 0.29) is 11.4 Å². The van der Waals surface area contributed by atoms with E-state index in [1.807, 2.05) is 6.07 Å². The number of para-hydroxylation sites is 1. The Balaban J connectivity index is 1.51. The van der Waals surface area contributed by atoms with Crippen LogP contribution in [0.1, 0.15) is 10.5 Å². The van der Waals surface area contributed by atoms with Gasteiger partial charge in [-0.2, -0.15) is 0 Å².